The molecule has 180 valence electrons. The van der Waals surface area contributed by atoms with Gasteiger partial charge in [-0.05, 0) is 96.6 Å². The minimum atomic E-state index is -0.994. The number of halogens is 2. The van der Waals surface area contributed by atoms with Gasteiger partial charge in [0.1, 0.15) is 12.6 Å². The Kier molecular flexibility index (Phi) is 9.43. The Morgan fingerprint density at radius 3 is 2.50 bits per heavy atom. The molecular weight excluding hydrogens is 637 g/mol. The average molecular weight is 660 g/mol. The van der Waals surface area contributed by atoms with Crippen LogP contribution in [0.4, 0.5) is 4.79 Å². The van der Waals surface area contributed by atoms with Crippen LogP contribution in [-0.4, -0.2) is 41.3 Å². The summed E-state index contributed by atoms with van der Waals surface area (Å²) in [6.45, 7) is 5.99. The number of thioether (sulfide) groups is 1. The molecule has 1 saturated heterocycles. The van der Waals surface area contributed by atoms with E-state index in [1.165, 1.54) is 6.92 Å². The van der Waals surface area contributed by atoms with E-state index in [0.717, 1.165) is 30.3 Å². The summed E-state index contributed by atoms with van der Waals surface area (Å²) < 4.78 is 18.6. The smallest absolute Gasteiger partial charge is 0.329 e. The molecule has 1 atom stereocenters. The van der Waals surface area contributed by atoms with Gasteiger partial charge in [0.15, 0.2) is 11.5 Å². The van der Waals surface area contributed by atoms with Gasteiger partial charge in [-0.2, -0.15) is 0 Å². The SMILES string of the molecule is CCOC(=O)[C@H](C)N1C(=O)S/C(=C/c2cc(I)c(OCc3ccc(Br)cc3)c(OCC)c2)C1=O. The van der Waals surface area contributed by atoms with Crippen molar-refractivity contribution in [3.05, 3.63) is 60.5 Å². The molecule has 7 nitrogen and oxygen atoms in total. The van der Waals surface area contributed by atoms with Crippen molar-refractivity contribution in [2.45, 2.75) is 33.4 Å². The molecule has 1 aliphatic rings. The Bertz CT molecular complexity index is 1120. The van der Waals surface area contributed by atoms with Gasteiger partial charge in [-0.1, -0.05) is 28.1 Å². The topological polar surface area (TPSA) is 82.1 Å². The third-order valence-corrected chi connectivity index (χ3v) is 6.98. The quantitative estimate of drug-likeness (QED) is 0.185. The predicted octanol–water partition coefficient (Wildman–Crippen LogP) is 6.02. The van der Waals surface area contributed by atoms with Crippen LogP contribution in [0.2, 0.25) is 0 Å². The molecule has 34 heavy (non-hydrogen) atoms. The first-order chi connectivity index (χ1) is 16.2. The van der Waals surface area contributed by atoms with Crippen molar-refractivity contribution in [1.29, 1.82) is 0 Å². The molecule has 0 radical (unpaired) electrons. The lowest BCUT2D eigenvalue weighted by molar-refractivity contribution is -0.150. The summed E-state index contributed by atoms with van der Waals surface area (Å²) in [5.74, 6) is -0.00553. The standard InChI is InChI=1S/C24H23BrINO6S/c1-4-31-19-11-16(10-18(26)21(19)33-13-15-6-8-17(25)9-7-15)12-20-22(28)27(24(30)34-20)14(3)23(29)32-5-2/h6-12,14H,4-5,13H2,1-3H3/b20-12+/t14-/m0/s1. The van der Waals surface area contributed by atoms with E-state index in [-0.39, 0.29) is 11.5 Å². The van der Waals surface area contributed by atoms with Gasteiger partial charge in [-0.3, -0.25) is 14.5 Å². The number of carbonyl (C=O) groups is 3. The zero-order valence-corrected chi connectivity index (χ0v) is 23.4. The highest BCUT2D eigenvalue weighted by Crippen LogP contribution is 2.38. The molecule has 0 bridgehead atoms. The van der Waals surface area contributed by atoms with Crippen LogP contribution in [0.1, 0.15) is 31.9 Å². The van der Waals surface area contributed by atoms with E-state index in [2.05, 4.69) is 38.5 Å². The molecule has 1 fully saturated rings. The van der Waals surface area contributed by atoms with E-state index in [4.69, 9.17) is 14.2 Å². The van der Waals surface area contributed by atoms with Gasteiger partial charge in [0, 0.05) is 4.47 Å². The van der Waals surface area contributed by atoms with E-state index in [9.17, 15) is 14.4 Å². The number of imide groups is 1. The number of benzene rings is 2. The molecule has 2 amide bonds. The van der Waals surface area contributed by atoms with Gasteiger partial charge in [-0.25, -0.2) is 4.79 Å². The van der Waals surface area contributed by atoms with Crippen LogP contribution in [0.3, 0.4) is 0 Å². The Morgan fingerprint density at radius 2 is 1.85 bits per heavy atom. The van der Waals surface area contributed by atoms with Gasteiger partial charge < -0.3 is 14.2 Å². The number of rotatable bonds is 9. The largest absolute Gasteiger partial charge is 0.490 e. The van der Waals surface area contributed by atoms with Crippen molar-refractivity contribution >= 4 is 73.5 Å². The van der Waals surface area contributed by atoms with E-state index in [1.807, 2.05) is 37.3 Å². The second-order valence-electron chi connectivity index (χ2n) is 7.16. The summed E-state index contributed by atoms with van der Waals surface area (Å²) in [6, 6.07) is 10.5. The molecule has 0 spiro atoms. The Hall–Kier alpha value is -2.05. The zero-order chi connectivity index (χ0) is 24.8. The molecular formula is C24H23BrINO6S. The summed E-state index contributed by atoms with van der Waals surface area (Å²) >= 11 is 6.37. The van der Waals surface area contributed by atoms with Crippen LogP contribution in [-0.2, 0) is 20.9 Å². The van der Waals surface area contributed by atoms with Gasteiger partial charge in [-0.15, -0.1) is 0 Å². The van der Waals surface area contributed by atoms with Gasteiger partial charge in [0.25, 0.3) is 11.1 Å². The van der Waals surface area contributed by atoms with Crippen molar-refractivity contribution in [2.75, 3.05) is 13.2 Å². The van der Waals surface area contributed by atoms with Crippen LogP contribution in [0.15, 0.2) is 45.8 Å². The van der Waals surface area contributed by atoms with Crippen molar-refractivity contribution in [3.63, 3.8) is 0 Å². The fourth-order valence-corrected chi connectivity index (χ4v) is 5.10. The molecule has 2 aromatic rings. The maximum absolute atomic E-state index is 12.9. The number of esters is 1. The third kappa shape index (κ3) is 6.33. The summed E-state index contributed by atoms with van der Waals surface area (Å²) in [6.07, 6.45) is 1.62. The van der Waals surface area contributed by atoms with Crippen molar-refractivity contribution < 1.29 is 28.6 Å². The van der Waals surface area contributed by atoms with Crippen molar-refractivity contribution in [3.8, 4) is 11.5 Å². The third-order valence-electron chi connectivity index (χ3n) is 4.76. The van der Waals surface area contributed by atoms with Gasteiger partial charge in [0.05, 0.1) is 21.7 Å². The van der Waals surface area contributed by atoms with Gasteiger partial charge in [0.2, 0.25) is 0 Å². The van der Waals surface area contributed by atoms with Gasteiger partial charge >= 0.3 is 5.97 Å². The monoisotopic (exact) mass is 659 g/mol. The molecule has 0 saturated carbocycles. The van der Waals surface area contributed by atoms with E-state index >= 15 is 0 Å². The Morgan fingerprint density at radius 1 is 1.15 bits per heavy atom. The summed E-state index contributed by atoms with van der Waals surface area (Å²) in [5.41, 5.74) is 1.69. The van der Waals surface area contributed by atoms with E-state index in [0.29, 0.717) is 30.3 Å². The Balaban J connectivity index is 1.84. The minimum Gasteiger partial charge on any atom is -0.490 e. The number of hydrogen-bond acceptors (Lipinski definition) is 7. The van der Waals surface area contributed by atoms with Crippen LogP contribution >= 0.6 is 50.3 Å². The summed E-state index contributed by atoms with van der Waals surface area (Å²) in [4.78, 5) is 38.5. The Labute approximate surface area is 224 Å². The minimum absolute atomic E-state index is 0.171. The zero-order valence-electron chi connectivity index (χ0n) is 18.8. The number of amides is 2. The molecule has 0 aliphatic carbocycles. The fraction of sp³-hybridized carbons (Fsp3) is 0.292. The lowest BCUT2D eigenvalue weighted by Crippen LogP contribution is -2.42. The molecule has 1 aliphatic heterocycles. The molecule has 0 aromatic heterocycles. The predicted molar refractivity (Wildman–Crippen MR) is 143 cm³/mol. The highest BCUT2D eigenvalue weighted by molar-refractivity contribution is 14.1. The number of carbonyl (C=O) groups excluding carboxylic acids is 3. The second-order valence-corrected chi connectivity index (χ2v) is 10.2. The number of hydrogen-bond donors (Lipinski definition) is 0. The lowest BCUT2D eigenvalue weighted by atomic mass is 10.1. The van der Waals surface area contributed by atoms with Crippen molar-refractivity contribution in [1.82, 2.24) is 4.90 Å². The van der Waals surface area contributed by atoms with Crippen LogP contribution < -0.4 is 9.47 Å². The maximum Gasteiger partial charge on any atom is 0.329 e. The summed E-state index contributed by atoms with van der Waals surface area (Å²) in [5, 5.41) is -0.508. The second kappa shape index (κ2) is 12.1. The molecule has 0 unspecified atom stereocenters. The first-order valence-electron chi connectivity index (χ1n) is 10.5. The van der Waals surface area contributed by atoms with E-state index < -0.39 is 23.2 Å². The number of ether oxygens (including phenoxy) is 3. The van der Waals surface area contributed by atoms with Crippen LogP contribution in [0.25, 0.3) is 6.08 Å². The van der Waals surface area contributed by atoms with Crippen molar-refractivity contribution in [2.24, 2.45) is 0 Å². The fourth-order valence-electron chi connectivity index (χ4n) is 3.14. The first-order valence-corrected chi connectivity index (χ1v) is 13.2. The normalized spacial score (nSPS) is 15.6. The molecule has 1 heterocycles. The highest BCUT2D eigenvalue weighted by atomic mass is 127. The maximum atomic E-state index is 12.9. The first kappa shape index (κ1) is 26.6. The average Bonchev–Trinajstić information content (AvgIpc) is 3.07. The molecule has 10 heteroatoms. The number of nitrogens with zero attached hydrogens (tertiary/aromatic N) is 1. The molecule has 0 N–H and O–H groups in total. The van der Waals surface area contributed by atoms with Crippen LogP contribution in [0, 0.1) is 3.57 Å². The molecule has 3 rings (SSSR count). The summed E-state index contributed by atoms with van der Waals surface area (Å²) in [7, 11) is 0. The van der Waals surface area contributed by atoms with Crippen LogP contribution in [0.5, 0.6) is 11.5 Å². The highest BCUT2D eigenvalue weighted by Gasteiger charge is 2.41. The lowest BCUT2D eigenvalue weighted by Gasteiger charge is -2.19. The van der Waals surface area contributed by atoms with E-state index in [1.54, 1.807) is 19.1 Å². The molecule has 2 aromatic carbocycles.